The first kappa shape index (κ1) is 9.95. The average molecular weight is 213 g/mol. The molecule has 0 amide bonds. The zero-order valence-electron chi connectivity index (χ0n) is 10.1. The lowest BCUT2D eigenvalue weighted by atomic mass is 9.90. The first-order chi connectivity index (χ1) is 7.77. The fourth-order valence-electron chi connectivity index (χ4n) is 3.24. The molecule has 84 valence electrons. The molecule has 2 atom stereocenters. The topological polar surface area (TPSA) is 15.8 Å². The summed E-state index contributed by atoms with van der Waals surface area (Å²) in [5.41, 5.74) is 4.23. The highest BCUT2D eigenvalue weighted by Gasteiger charge is 2.26. The van der Waals surface area contributed by atoms with Crippen molar-refractivity contribution in [2.45, 2.75) is 39.0 Å². The monoisotopic (exact) mass is 213 g/mol. The summed E-state index contributed by atoms with van der Waals surface area (Å²) in [5, 5.41) is 1.44. The molecule has 1 saturated carbocycles. The van der Waals surface area contributed by atoms with Gasteiger partial charge in [0.05, 0.1) is 0 Å². The Hall–Kier alpha value is -1.24. The molecule has 0 spiro atoms. The summed E-state index contributed by atoms with van der Waals surface area (Å²) in [6, 6.07) is 6.62. The lowest BCUT2D eigenvalue weighted by Crippen LogP contribution is -2.00. The minimum absolute atomic E-state index is 0.774. The van der Waals surface area contributed by atoms with Crippen molar-refractivity contribution in [3.63, 3.8) is 0 Å². The van der Waals surface area contributed by atoms with Crippen LogP contribution < -0.4 is 0 Å². The highest BCUT2D eigenvalue weighted by atomic mass is 14.7. The smallest absolute Gasteiger partial charge is 0.0486 e. The van der Waals surface area contributed by atoms with Crippen molar-refractivity contribution in [1.29, 1.82) is 0 Å². The standard InChI is InChI=1S/C15H19N/c1-10-5-3-7-12(10)14-9-16-15-11(2)6-4-8-13(14)15/h4,6,8-10,12,16H,3,5,7H2,1-2H3. The molecule has 0 bridgehead atoms. The quantitative estimate of drug-likeness (QED) is 0.723. The lowest BCUT2D eigenvalue weighted by molar-refractivity contribution is 0.536. The average Bonchev–Trinajstić information content (AvgIpc) is 2.84. The van der Waals surface area contributed by atoms with Crippen LogP contribution in [0.2, 0.25) is 0 Å². The van der Waals surface area contributed by atoms with Crippen molar-refractivity contribution in [1.82, 2.24) is 4.98 Å². The number of para-hydroxylation sites is 1. The predicted molar refractivity (Wildman–Crippen MR) is 68.8 cm³/mol. The highest BCUT2D eigenvalue weighted by Crippen LogP contribution is 2.42. The van der Waals surface area contributed by atoms with Gasteiger partial charge in [-0.15, -0.1) is 0 Å². The largest absolute Gasteiger partial charge is 0.361 e. The Balaban J connectivity index is 2.14. The van der Waals surface area contributed by atoms with Crippen molar-refractivity contribution >= 4 is 10.9 Å². The Morgan fingerprint density at radius 1 is 1.25 bits per heavy atom. The summed E-state index contributed by atoms with van der Waals surface area (Å²) < 4.78 is 0. The Labute approximate surface area is 96.9 Å². The minimum Gasteiger partial charge on any atom is -0.361 e. The number of benzene rings is 1. The molecule has 0 radical (unpaired) electrons. The molecule has 1 N–H and O–H groups in total. The summed E-state index contributed by atoms with van der Waals surface area (Å²) in [7, 11) is 0. The molecule has 2 aromatic rings. The fraction of sp³-hybridized carbons (Fsp3) is 0.467. The van der Waals surface area contributed by atoms with Crippen molar-refractivity contribution < 1.29 is 0 Å². The zero-order valence-corrected chi connectivity index (χ0v) is 10.1. The van der Waals surface area contributed by atoms with E-state index in [0.29, 0.717) is 0 Å². The van der Waals surface area contributed by atoms with Crippen molar-refractivity contribution in [2.24, 2.45) is 5.92 Å². The molecule has 0 aliphatic heterocycles. The number of fused-ring (bicyclic) bond motifs is 1. The normalized spacial score (nSPS) is 25.4. The second kappa shape index (κ2) is 3.65. The van der Waals surface area contributed by atoms with E-state index in [4.69, 9.17) is 0 Å². The van der Waals surface area contributed by atoms with E-state index in [-0.39, 0.29) is 0 Å². The van der Waals surface area contributed by atoms with Gasteiger partial charge < -0.3 is 4.98 Å². The van der Waals surface area contributed by atoms with Gasteiger partial charge >= 0.3 is 0 Å². The van der Waals surface area contributed by atoms with E-state index in [2.05, 4.69) is 43.2 Å². The highest BCUT2D eigenvalue weighted by molar-refractivity contribution is 5.86. The number of rotatable bonds is 1. The number of hydrogen-bond donors (Lipinski definition) is 1. The third-order valence-electron chi connectivity index (χ3n) is 4.22. The minimum atomic E-state index is 0.774. The van der Waals surface area contributed by atoms with Crippen LogP contribution in [0.25, 0.3) is 10.9 Å². The van der Waals surface area contributed by atoms with E-state index in [0.717, 1.165) is 11.8 Å². The fourth-order valence-corrected chi connectivity index (χ4v) is 3.24. The SMILES string of the molecule is Cc1cccc2c(C3CCCC3C)c[nH]c12. The lowest BCUT2D eigenvalue weighted by Gasteiger charge is -2.14. The number of hydrogen-bond acceptors (Lipinski definition) is 0. The van der Waals surface area contributed by atoms with E-state index in [1.165, 1.54) is 35.7 Å². The molecule has 1 heteroatoms. The number of H-pyrrole nitrogens is 1. The predicted octanol–water partition coefficient (Wildman–Crippen LogP) is 4.38. The molecule has 1 aromatic carbocycles. The Kier molecular flexibility index (Phi) is 2.27. The summed E-state index contributed by atoms with van der Waals surface area (Å²) in [5.74, 6) is 1.62. The summed E-state index contributed by atoms with van der Waals surface area (Å²) in [6.45, 7) is 4.58. The first-order valence-corrected chi connectivity index (χ1v) is 6.34. The zero-order chi connectivity index (χ0) is 11.1. The van der Waals surface area contributed by atoms with E-state index in [1.54, 1.807) is 5.56 Å². The van der Waals surface area contributed by atoms with Gasteiger partial charge in [0.2, 0.25) is 0 Å². The Bertz CT molecular complexity index is 509. The van der Waals surface area contributed by atoms with Gasteiger partial charge in [-0.1, -0.05) is 38.0 Å². The maximum Gasteiger partial charge on any atom is 0.0486 e. The number of aryl methyl sites for hydroxylation is 1. The van der Waals surface area contributed by atoms with Crippen molar-refractivity contribution in [3.05, 3.63) is 35.5 Å². The number of nitrogens with one attached hydrogen (secondary N) is 1. The second-order valence-corrected chi connectivity index (χ2v) is 5.26. The van der Waals surface area contributed by atoms with E-state index < -0.39 is 0 Å². The van der Waals surface area contributed by atoms with Gasteiger partial charge in [0.25, 0.3) is 0 Å². The molecule has 1 heterocycles. The Morgan fingerprint density at radius 2 is 2.12 bits per heavy atom. The molecule has 1 nitrogen and oxygen atoms in total. The molecule has 1 aliphatic carbocycles. The van der Waals surface area contributed by atoms with Crippen LogP contribution in [0.4, 0.5) is 0 Å². The van der Waals surface area contributed by atoms with Gasteiger partial charge in [-0.2, -0.15) is 0 Å². The molecule has 3 rings (SSSR count). The van der Waals surface area contributed by atoms with E-state index in [1.807, 2.05) is 0 Å². The third-order valence-corrected chi connectivity index (χ3v) is 4.22. The van der Waals surface area contributed by atoms with Gasteiger partial charge in [0, 0.05) is 17.1 Å². The van der Waals surface area contributed by atoms with Crippen LogP contribution in [-0.4, -0.2) is 4.98 Å². The second-order valence-electron chi connectivity index (χ2n) is 5.26. The molecular weight excluding hydrogens is 194 g/mol. The van der Waals surface area contributed by atoms with Crippen molar-refractivity contribution in [3.8, 4) is 0 Å². The van der Waals surface area contributed by atoms with Gasteiger partial charge in [0.15, 0.2) is 0 Å². The third kappa shape index (κ3) is 1.38. The maximum absolute atomic E-state index is 3.45. The van der Waals surface area contributed by atoms with E-state index in [9.17, 15) is 0 Å². The van der Waals surface area contributed by atoms with Gasteiger partial charge in [-0.25, -0.2) is 0 Å². The summed E-state index contributed by atoms with van der Waals surface area (Å²) in [4.78, 5) is 3.45. The molecule has 0 saturated heterocycles. The van der Waals surface area contributed by atoms with Crippen LogP contribution in [-0.2, 0) is 0 Å². The van der Waals surface area contributed by atoms with Gasteiger partial charge in [0.1, 0.15) is 0 Å². The summed E-state index contributed by atoms with van der Waals surface area (Å²) >= 11 is 0. The van der Waals surface area contributed by atoms with Crippen molar-refractivity contribution in [2.75, 3.05) is 0 Å². The van der Waals surface area contributed by atoms with Crippen LogP contribution >= 0.6 is 0 Å². The van der Waals surface area contributed by atoms with Crippen LogP contribution in [0.1, 0.15) is 43.2 Å². The van der Waals surface area contributed by atoms with Gasteiger partial charge in [-0.3, -0.25) is 0 Å². The van der Waals surface area contributed by atoms with Gasteiger partial charge in [-0.05, 0) is 36.3 Å². The first-order valence-electron chi connectivity index (χ1n) is 6.34. The van der Waals surface area contributed by atoms with Crippen LogP contribution in [0.15, 0.2) is 24.4 Å². The molecule has 16 heavy (non-hydrogen) atoms. The van der Waals surface area contributed by atoms with Crippen LogP contribution in [0.5, 0.6) is 0 Å². The summed E-state index contributed by atoms with van der Waals surface area (Å²) in [6.07, 6.45) is 6.39. The molecule has 1 aromatic heterocycles. The number of aromatic amines is 1. The van der Waals surface area contributed by atoms with Crippen LogP contribution in [0, 0.1) is 12.8 Å². The molecular formula is C15H19N. The molecule has 1 fully saturated rings. The Morgan fingerprint density at radius 3 is 2.88 bits per heavy atom. The number of aromatic nitrogens is 1. The van der Waals surface area contributed by atoms with Crippen LogP contribution in [0.3, 0.4) is 0 Å². The molecule has 2 unspecified atom stereocenters. The van der Waals surface area contributed by atoms with E-state index >= 15 is 0 Å². The molecule has 1 aliphatic rings. The maximum atomic E-state index is 3.45.